The number of imidazole rings is 1. The highest BCUT2D eigenvalue weighted by Gasteiger charge is 2.14. The fourth-order valence-corrected chi connectivity index (χ4v) is 3.06. The highest BCUT2D eigenvalue weighted by atomic mass is 16.5. The monoisotopic (exact) mass is 367 g/mol. The molecule has 6 heteroatoms. The summed E-state index contributed by atoms with van der Waals surface area (Å²) in [6.07, 6.45) is 2.17. The van der Waals surface area contributed by atoms with Gasteiger partial charge in [0.1, 0.15) is 5.82 Å². The van der Waals surface area contributed by atoms with Crippen LogP contribution >= 0.6 is 0 Å². The van der Waals surface area contributed by atoms with Crippen molar-refractivity contribution in [2.75, 3.05) is 14.2 Å². The van der Waals surface area contributed by atoms with Crippen molar-refractivity contribution >= 4 is 16.9 Å². The van der Waals surface area contributed by atoms with E-state index in [4.69, 9.17) is 14.5 Å². The number of fused-ring (bicyclic) bond motifs is 1. The molecule has 3 rings (SSSR count). The number of methoxy groups -OCH3 is 2. The summed E-state index contributed by atoms with van der Waals surface area (Å²) in [4.78, 5) is 17.3. The number of nitrogens with zero attached hydrogens (tertiary/aromatic N) is 2. The van der Waals surface area contributed by atoms with Crippen molar-refractivity contribution in [3.63, 3.8) is 0 Å². The smallest absolute Gasteiger partial charge is 0.251 e. The molecule has 0 fully saturated rings. The second-order valence-electron chi connectivity index (χ2n) is 6.27. The first kappa shape index (κ1) is 18.8. The SMILES string of the molecule is CCCCn1c(CNC(=O)c2ccc(OC)c(OC)c2)nc2ccccc21. The van der Waals surface area contributed by atoms with Crippen LogP contribution in [-0.4, -0.2) is 29.7 Å². The normalized spacial score (nSPS) is 10.8. The highest BCUT2D eigenvalue weighted by Crippen LogP contribution is 2.27. The van der Waals surface area contributed by atoms with Gasteiger partial charge in [-0.05, 0) is 36.8 Å². The van der Waals surface area contributed by atoms with Crippen LogP contribution in [0.5, 0.6) is 11.5 Å². The summed E-state index contributed by atoms with van der Waals surface area (Å²) >= 11 is 0. The number of hydrogen-bond acceptors (Lipinski definition) is 4. The van der Waals surface area contributed by atoms with E-state index in [1.54, 1.807) is 32.4 Å². The minimum Gasteiger partial charge on any atom is -0.493 e. The molecule has 27 heavy (non-hydrogen) atoms. The zero-order valence-corrected chi connectivity index (χ0v) is 16.0. The number of aryl methyl sites for hydroxylation is 1. The fraction of sp³-hybridized carbons (Fsp3) is 0.333. The number of carbonyl (C=O) groups excluding carboxylic acids is 1. The Labute approximate surface area is 159 Å². The lowest BCUT2D eigenvalue weighted by atomic mass is 10.2. The van der Waals surface area contributed by atoms with Crippen LogP contribution in [0.3, 0.4) is 0 Å². The Hall–Kier alpha value is -3.02. The molecule has 1 amide bonds. The Morgan fingerprint density at radius 1 is 1.11 bits per heavy atom. The number of ether oxygens (including phenoxy) is 2. The van der Waals surface area contributed by atoms with Gasteiger partial charge in [0.25, 0.3) is 5.91 Å². The lowest BCUT2D eigenvalue weighted by Gasteiger charge is -2.11. The summed E-state index contributed by atoms with van der Waals surface area (Å²) in [5, 5.41) is 2.96. The summed E-state index contributed by atoms with van der Waals surface area (Å²) in [7, 11) is 3.12. The predicted molar refractivity (Wildman–Crippen MR) is 105 cm³/mol. The summed E-state index contributed by atoms with van der Waals surface area (Å²) in [6, 6.07) is 13.2. The van der Waals surface area contributed by atoms with E-state index < -0.39 is 0 Å². The van der Waals surface area contributed by atoms with E-state index in [1.807, 2.05) is 18.2 Å². The third-order valence-corrected chi connectivity index (χ3v) is 4.52. The first-order valence-electron chi connectivity index (χ1n) is 9.12. The van der Waals surface area contributed by atoms with Crippen molar-refractivity contribution in [1.82, 2.24) is 14.9 Å². The lowest BCUT2D eigenvalue weighted by molar-refractivity contribution is 0.0949. The Kier molecular flexibility index (Phi) is 5.96. The number of carbonyl (C=O) groups is 1. The van der Waals surface area contributed by atoms with E-state index in [2.05, 4.69) is 22.9 Å². The number of nitrogens with one attached hydrogen (secondary N) is 1. The van der Waals surface area contributed by atoms with E-state index in [0.717, 1.165) is 36.2 Å². The van der Waals surface area contributed by atoms with Gasteiger partial charge < -0.3 is 19.4 Å². The molecule has 6 nitrogen and oxygen atoms in total. The third kappa shape index (κ3) is 4.05. The van der Waals surface area contributed by atoms with Crippen molar-refractivity contribution < 1.29 is 14.3 Å². The van der Waals surface area contributed by atoms with Crippen LogP contribution in [0.1, 0.15) is 35.9 Å². The molecule has 0 aliphatic rings. The molecule has 0 aliphatic heterocycles. The molecule has 1 aromatic heterocycles. The van der Waals surface area contributed by atoms with E-state index in [-0.39, 0.29) is 5.91 Å². The van der Waals surface area contributed by atoms with Crippen LogP contribution < -0.4 is 14.8 Å². The second kappa shape index (κ2) is 8.58. The lowest BCUT2D eigenvalue weighted by Crippen LogP contribution is -2.24. The molecular formula is C21H25N3O3. The number of rotatable bonds is 8. The molecule has 1 N–H and O–H groups in total. The number of benzene rings is 2. The van der Waals surface area contributed by atoms with E-state index in [9.17, 15) is 4.79 Å². The van der Waals surface area contributed by atoms with E-state index >= 15 is 0 Å². The van der Waals surface area contributed by atoms with Gasteiger partial charge in [0.05, 0.1) is 31.8 Å². The maximum atomic E-state index is 12.6. The molecule has 0 saturated carbocycles. The first-order chi connectivity index (χ1) is 13.2. The molecule has 1 heterocycles. The summed E-state index contributed by atoms with van der Waals surface area (Å²) in [6.45, 7) is 3.42. The largest absolute Gasteiger partial charge is 0.493 e. The van der Waals surface area contributed by atoms with Crippen molar-refractivity contribution in [1.29, 1.82) is 0 Å². The minimum atomic E-state index is -0.176. The first-order valence-corrected chi connectivity index (χ1v) is 9.12. The fourth-order valence-electron chi connectivity index (χ4n) is 3.06. The molecule has 0 saturated heterocycles. The van der Waals surface area contributed by atoms with Crippen molar-refractivity contribution in [3.8, 4) is 11.5 Å². The molecule has 0 unspecified atom stereocenters. The summed E-state index contributed by atoms with van der Waals surface area (Å²) in [5.41, 5.74) is 2.56. The Morgan fingerprint density at radius 2 is 1.89 bits per heavy atom. The molecule has 2 aromatic carbocycles. The minimum absolute atomic E-state index is 0.176. The Morgan fingerprint density at radius 3 is 2.63 bits per heavy atom. The molecule has 0 aliphatic carbocycles. The maximum Gasteiger partial charge on any atom is 0.251 e. The number of para-hydroxylation sites is 2. The van der Waals surface area contributed by atoms with Gasteiger partial charge in [-0.15, -0.1) is 0 Å². The number of hydrogen-bond donors (Lipinski definition) is 1. The average Bonchev–Trinajstić information content (AvgIpc) is 3.07. The zero-order chi connectivity index (χ0) is 19.2. The highest BCUT2D eigenvalue weighted by molar-refractivity contribution is 5.94. The van der Waals surface area contributed by atoms with Gasteiger partial charge in [0.15, 0.2) is 11.5 Å². The Balaban J connectivity index is 1.79. The zero-order valence-electron chi connectivity index (χ0n) is 16.0. The van der Waals surface area contributed by atoms with Crippen molar-refractivity contribution in [2.24, 2.45) is 0 Å². The number of unbranched alkanes of at least 4 members (excludes halogenated alkanes) is 1. The van der Waals surface area contributed by atoms with Gasteiger partial charge >= 0.3 is 0 Å². The summed E-state index contributed by atoms with van der Waals surface area (Å²) in [5.74, 6) is 1.80. The van der Waals surface area contributed by atoms with Crippen LogP contribution in [0, 0.1) is 0 Å². The van der Waals surface area contributed by atoms with Gasteiger partial charge in [0, 0.05) is 12.1 Å². The number of amides is 1. The predicted octanol–water partition coefficient (Wildman–Crippen LogP) is 3.78. The summed E-state index contributed by atoms with van der Waals surface area (Å²) < 4.78 is 12.7. The van der Waals surface area contributed by atoms with Crippen LogP contribution in [0.4, 0.5) is 0 Å². The van der Waals surface area contributed by atoms with Gasteiger partial charge in [-0.1, -0.05) is 25.5 Å². The number of aromatic nitrogens is 2. The van der Waals surface area contributed by atoms with Crippen molar-refractivity contribution in [2.45, 2.75) is 32.9 Å². The average molecular weight is 367 g/mol. The molecular weight excluding hydrogens is 342 g/mol. The van der Waals surface area contributed by atoms with E-state index in [0.29, 0.717) is 23.6 Å². The second-order valence-corrected chi connectivity index (χ2v) is 6.27. The molecule has 0 bridgehead atoms. The maximum absolute atomic E-state index is 12.6. The van der Waals surface area contributed by atoms with Gasteiger partial charge in [-0.25, -0.2) is 4.98 Å². The van der Waals surface area contributed by atoms with Crippen LogP contribution in [0.2, 0.25) is 0 Å². The van der Waals surface area contributed by atoms with Crippen LogP contribution in [0.15, 0.2) is 42.5 Å². The molecule has 3 aromatic rings. The van der Waals surface area contributed by atoms with E-state index in [1.165, 1.54) is 0 Å². The molecule has 142 valence electrons. The topological polar surface area (TPSA) is 65.4 Å². The Bertz CT molecular complexity index is 934. The van der Waals surface area contributed by atoms with Gasteiger partial charge in [-0.3, -0.25) is 4.79 Å². The quantitative estimate of drug-likeness (QED) is 0.658. The van der Waals surface area contributed by atoms with Crippen LogP contribution in [0.25, 0.3) is 11.0 Å². The van der Waals surface area contributed by atoms with Crippen LogP contribution in [-0.2, 0) is 13.1 Å². The van der Waals surface area contributed by atoms with Gasteiger partial charge in [-0.2, -0.15) is 0 Å². The molecule has 0 radical (unpaired) electrons. The standard InChI is InChI=1S/C21H25N3O3/c1-4-5-12-24-17-9-7-6-8-16(17)23-20(24)14-22-21(25)15-10-11-18(26-2)19(13-15)27-3/h6-11,13H,4-5,12,14H2,1-3H3,(H,22,25). The van der Waals surface area contributed by atoms with Gasteiger partial charge in [0.2, 0.25) is 0 Å². The molecule has 0 spiro atoms. The molecule has 0 atom stereocenters. The van der Waals surface area contributed by atoms with Crippen molar-refractivity contribution in [3.05, 3.63) is 53.9 Å². The third-order valence-electron chi connectivity index (χ3n) is 4.52.